The third-order valence-corrected chi connectivity index (χ3v) is 4.67. The van der Waals surface area contributed by atoms with E-state index in [1.54, 1.807) is 18.3 Å². The number of aromatic nitrogens is 1. The Morgan fingerprint density at radius 1 is 1.29 bits per heavy atom. The molecule has 1 aliphatic rings. The first-order chi connectivity index (χ1) is 11.7. The van der Waals surface area contributed by atoms with E-state index in [0.29, 0.717) is 23.0 Å². The fraction of sp³-hybridized carbons (Fsp3) is 0.389. The minimum absolute atomic E-state index is 0.245. The van der Waals surface area contributed by atoms with Crippen LogP contribution in [0.15, 0.2) is 36.5 Å². The van der Waals surface area contributed by atoms with Crippen molar-refractivity contribution in [2.24, 2.45) is 5.92 Å². The smallest absolute Gasteiger partial charge is 0.151 e. The number of aliphatic hydroxyl groups excluding tert-OH is 1. The highest BCUT2D eigenvalue weighted by Gasteiger charge is 2.21. The van der Waals surface area contributed by atoms with E-state index in [4.69, 9.17) is 11.6 Å². The molecule has 4 nitrogen and oxygen atoms in total. The van der Waals surface area contributed by atoms with Crippen molar-refractivity contribution in [1.82, 2.24) is 4.98 Å². The molecule has 0 bridgehead atoms. The molecule has 1 aromatic heterocycles. The van der Waals surface area contributed by atoms with Gasteiger partial charge in [0.2, 0.25) is 0 Å². The van der Waals surface area contributed by atoms with Crippen molar-refractivity contribution in [2.45, 2.75) is 19.4 Å². The van der Waals surface area contributed by atoms with Gasteiger partial charge in [-0.05, 0) is 49.1 Å². The summed E-state index contributed by atoms with van der Waals surface area (Å²) in [5, 5.41) is 13.1. The molecule has 0 atom stereocenters. The molecule has 24 heavy (non-hydrogen) atoms. The van der Waals surface area contributed by atoms with Crippen molar-refractivity contribution in [1.29, 1.82) is 0 Å². The van der Waals surface area contributed by atoms with Gasteiger partial charge in [-0.15, -0.1) is 0 Å². The zero-order chi connectivity index (χ0) is 16.9. The van der Waals surface area contributed by atoms with Crippen LogP contribution in [0.3, 0.4) is 0 Å². The maximum absolute atomic E-state index is 13.9. The fourth-order valence-corrected chi connectivity index (χ4v) is 3.18. The van der Waals surface area contributed by atoms with Gasteiger partial charge < -0.3 is 15.3 Å². The lowest BCUT2D eigenvalue weighted by Crippen LogP contribution is -2.35. The van der Waals surface area contributed by atoms with Crippen LogP contribution in [0.5, 0.6) is 0 Å². The average molecular weight is 350 g/mol. The van der Waals surface area contributed by atoms with Crippen LogP contribution in [0, 0.1) is 11.7 Å². The van der Waals surface area contributed by atoms with Gasteiger partial charge in [0, 0.05) is 43.0 Å². The van der Waals surface area contributed by atoms with E-state index < -0.39 is 0 Å². The molecule has 128 valence electrons. The number of hydrogen-bond acceptors (Lipinski definition) is 4. The summed E-state index contributed by atoms with van der Waals surface area (Å²) in [7, 11) is 0. The molecular formula is C18H21ClFN3O. The molecule has 0 radical (unpaired) electrons. The summed E-state index contributed by atoms with van der Waals surface area (Å²) in [6.07, 6.45) is 3.67. The topological polar surface area (TPSA) is 48.4 Å². The third kappa shape index (κ3) is 3.97. The Bertz CT molecular complexity index is 690. The molecule has 2 aromatic rings. The number of benzene rings is 1. The van der Waals surface area contributed by atoms with Crippen molar-refractivity contribution >= 4 is 23.1 Å². The van der Waals surface area contributed by atoms with Gasteiger partial charge in [-0.1, -0.05) is 11.6 Å². The molecule has 0 unspecified atom stereocenters. The Hall–Kier alpha value is -1.85. The van der Waals surface area contributed by atoms with Crippen molar-refractivity contribution in [3.63, 3.8) is 0 Å². The maximum atomic E-state index is 13.9. The number of anilines is 2. The zero-order valence-corrected chi connectivity index (χ0v) is 14.1. The van der Waals surface area contributed by atoms with Crippen molar-refractivity contribution in [2.75, 3.05) is 29.9 Å². The normalized spacial score (nSPS) is 15.5. The van der Waals surface area contributed by atoms with E-state index in [9.17, 15) is 9.50 Å². The van der Waals surface area contributed by atoms with Crippen molar-refractivity contribution in [3.05, 3.63) is 52.9 Å². The van der Waals surface area contributed by atoms with E-state index in [0.717, 1.165) is 37.4 Å². The number of pyridine rings is 1. The van der Waals surface area contributed by atoms with E-state index in [1.807, 2.05) is 12.1 Å². The van der Waals surface area contributed by atoms with E-state index in [-0.39, 0.29) is 12.4 Å². The number of aliphatic hydroxyl groups is 1. The molecule has 1 fully saturated rings. The first kappa shape index (κ1) is 17.0. The maximum Gasteiger partial charge on any atom is 0.151 e. The second-order valence-corrected chi connectivity index (χ2v) is 6.51. The van der Waals surface area contributed by atoms with E-state index in [2.05, 4.69) is 15.2 Å². The fourth-order valence-electron chi connectivity index (χ4n) is 2.98. The van der Waals surface area contributed by atoms with Crippen molar-refractivity contribution < 1.29 is 9.50 Å². The molecule has 3 rings (SSSR count). The number of piperidine rings is 1. The predicted octanol–water partition coefficient (Wildman–Crippen LogP) is 3.69. The van der Waals surface area contributed by atoms with Crippen LogP contribution in [0.4, 0.5) is 15.9 Å². The summed E-state index contributed by atoms with van der Waals surface area (Å²) < 4.78 is 13.9. The third-order valence-electron chi connectivity index (χ3n) is 4.44. The predicted molar refractivity (Wildman–Crippen MR) is 95.0 cm³/mol. The molecule has 0 amide bonds. The molecule has 2 N–H and O–H groups in total. The Labute approximate surface area is 146 Å². The van der Waals surface area contributed by atoms with Gasteiger partial charge in [0.1, 0.15) is 5.82 Å². The minimum Gasteiger partial charge on any atom is -0.396 e. The molecule has 0 spiro atoms. The number of nitrogens with zero attached hydrogens (tertiary/aromatic N) is 2. The van der Waals surface area contributed by atoms with Crippen LogP contribution < -0.4 is 10.2 Å². The summed E-state index contributed by atoms with van der Waals surface area (Å²) in [6.45, 7) is 2.32. The van der Waals surface area contributed by atoms with Gasteiger partial charge in [0.15, 0.2) is 5.82 Å². The monoisotopic (exact) mass is 349 g/mol. The number of nitrogens with one attached hydrogen (secondary N) is 1. The van der Waals surface area contributed by atoms with Gasteiger partial charge in [0.05, 0.1) is 5.69 Å². The van der Waals surface area contributed by atoms with Crippen LogP contribution in [0.1, 0.15) is 18.4 Å². The summed E-state index contributed by atoms with van der Waals surface area (Å²) in [6, 6.07) is 8.36. The molecule has 0 aliphatic carbocycles. The van der Waals surface area contributed by atoms with Crippen molar-refractivity contribution in [3.8, 4) is 0 Å². The number of hydrogen-bond donors (Lipinski definition) is 2. The highest BCUT2D eigenvalue weighted by molar-refractivity contribution is 6.30. The van der Waals surface area contributed by atoms with Crippen LogP contribution >= 0.6 is 11.6 Å². The summed E-state index contributed by atoms with van der Waals surface area (Å²) in [5.41, 5.74) is 1.40. The molecule has 1 aromatic carbocycles. The van der Waals surface area contributed by atoms with E-state index in [1.165, 1.54) is 6.07 Å². The first-order valence-electron chi connectivity index (χ1n) is 8.16. The van der Waals surface area contributed by atoms with Crippen LogP contribution in [0.25, 0.3) is 0 Å². The molecule has 1 aliphatic heterocycles. The summed E-state index contributed by atoms with van der Waals surface area (Å²) in [5.74, 6) is 0.972. The van der Waals surface area contributed by atoms with E-state index >= 15 is 0 Å². The minimum atomic E-state index is -0.277. The molecule has 1 saturated heterocycles. The molecule has 0 saturated carbocycles. The van der Waals surface area contributed by atoms with Crippen LogP contribution in [-0.2, 0) is 6.54 Å². The SMILES string of the molecule is OCC1CCN(c2ncccc2NCc2cc(Cl)ccc2F)CC1. The lowest BCUT2D eigenvalue weighted by Gasteiger charge is -2.33. The molecule has 2 heterocycles. The Kier molecular flexibility index (Phi) is 5.53. The lowest BCUT2D eigenvalue weighted by atomic mass is 9.98. The van der Waals surface area contributed by atoms with Gasteiger partial charge in [-0.2, -0.15) is 0 Å². The number of halogens is 2. The first-order valence-corrected chi connectivity index (χ1v) is 8.54. The van der Waals surface area contributed by atoms with Crippen LogP contribution in [0.2, 0.25) is 5.02 Å². The zero-order valence-electron chi connectivity index (χ0n) is 13.4. The second-order valence-electron chi connectivity index (χ2n) is 6.08. The largest absolute Gasteiger partial charge is 0.396 e. The van der Waals surface area contributed by atoms with Gasteiger partial charge in [0.25, 0.3) is 0 Å². The molecular weight excluding hydrogens is 329 g/mol. The highest BCUT2D eigenvalue weighted by Crippen LogP contribution is 2.28. The summed E-state index contributed by atoms with van der Waals surface area (Å²) >= 11 is 5.94. The standard InChI is InChI=1S/C18H21ClFN3O/c19-15-3-4-16(20)14(10-15)11-22-17-2-1-7-21-18(17)23-8-5-13(12-24)6-9-23/h1-4,7,10,13,22,24H,5-6,8-9,11-12H2. The quantitative estimate of drug-likeness (QED) is 0.864. The molecule has 6 heteroatoms. The lowest BCUT2D eigenvalue weighted by molar-refractivity contribution is 0.203. The van der Waals surface area contributed by atoms with Gasteiger partial charge in [-0.3, -0.25) is 0 Å². The highest BCUT2D eigenvalue weighted by atomic mass is 35.5. The van der Waals surface area contributed by atoms with Gasteiger partial charge in [-0.25, -0.2) is 9.37 Å². The number of rotatable bonds is 5. The van der Waals surface area contributed by atoms with Crippen LogP contribution in [-0.4, -0.2) is 29.8 Å². The summed E-state index contributed by atoms with van der Waals surface area (Å²) in [4.78, 5) is 6.70. The Balaban J connectivity index is 1.71. The van der Waals surface area contributed by atoms with Gasteiger partial charge >= 0.3 is 0 Å². The second kappa shape index (κ2) is 7.81. The Morgan fingerprint density at radius 3 is 2.83 bits per heavy atom. The Morgan fingerprint density at radius 2 is 2.08 bits per heavy atom. The average Bonchev–Trinajstić information content (AvgIpc) is 2.63.